The van der Waals surface area contributed by atoms with E-state index in [9.17, 15) is 14.3 Å². The molecule has 0 saturated carbocycles. The molecule has 2 rings (SSSR count). The lowest BCUT2D eigenvalue weighted by Crippen LogP contribution is -2.10. The van der Waals surface area contributed by atoms with Crippen LogP contribution in [0.15, 0.2) is 22.7 Å². The van der Waals surface area contributed by atoms with Crippen LogP contribution < -0.4 is 0 Å². The van der Waals surface area contributed by atoms with Gasteiger partial charge in [-0.15, -0.1) is 0 Å². The summed E-state index contributed by atoms with van der Waals surface area (Å²) >= 11 is 0. The second-order valence-electron chi connectivity index (χ2n) is 4.43. The van der Waals surface area contributed by atoms with Crippen LogP contribution >= 0.6 is 0 Å². The fourth-order valence-corrected chi connectivity index (χ4v) is 1.95. The quantitative estimate of drug-likeness (QED) is 0.873. The summed E-state index contributed by atoms with van der Waals surface area (Å²) in [7, 11) is 1.18. The van der Waals surface area contributed by atoms with Gasteiger partial charge in [-0.1, -0.05) is 17.3 Å². The van der Waals surface area contributed by atoms with Crippen molar-refractivity contribution >= 4 is 5.97 Å². The van der Waals surface area contributed by atoms with E-state index in [1.54, 1.807) is 19.9 Å². The molecule has 1 aromatic carbocycles. The van der Waals surface area contributed by atoms with Crippen LogP contribution in [0.25, 0.3) is 0 Å². The summed E-state index contributed by atoms with van der Waals surface area (Å²) in [6, 6.07) is 4.43. The fraction of sp³-hybridized carbons (Fsp3) is 0.286. The third kappa shape index (κ3) is 2.42. The van der Waals surface area contributed by atoms with Gasteiger partial charge >= 0.3 is 5.97 Å². The zero-order valence-corrected chi connectivity index (χ0v) is 11.3. The molecule has 20 heavy (non-hydrogen) atoms. The number of halogens is 1. The third-order valence-corrected chi connectivity index (χ3v) is 3.00. The van der Waals surface area contributed by atoms with Gasteiger partial charge in [0.15, 0.2) is 0 Å². The van der Waals surface area contributed by atoms with Crippen molar-refractivity contribution in [3.63, 3.8) is 0 Å². The number of carbonyl (C=O) groups excluding carboxylic acids is 1. The first-order valence-corrected chi connectivity index (χ1v) is 5.94. The predicted octanol–water partition coefficient (Wildman–Crippen LogP) is 2.30. The Balaban J connectivity index is 2.50. The van der Waals surface area contributed by atoms with Gasteiger partial charge in [-0.2, -0.15) is 0 Å². The van der Waals surface area contributed by atoms with E-state index in [4.69, 9.17) is 4.52 Å². The van der Waals surface area contributed by atoms with Crippen LogP contribution in [0.3, 0.4) is 0 Å². The summed E-state index contributed by atoms with van der Waals surface area (Å²) in [5, 5.41) is 13.9. The van der Waals surface area contributed by atoms with Gasteiger partial charge < -0.3 is 14.4 Å². The lowest BCUT2D eigenvalue weighted by atomic mass is 9.98. The van der Waals surface area contributed by atoms with Crippen molar-refractivity contribution in [2.45, 2.75) is 20.0 Å². The van der Waals surface area contributed by atoms with E-state index >= 15 is 0 Å². The molecule has 0 aliphatic carbocycles. The number of nitrogens with zero attached hydrogens (tertiary/aromatic N) is 1. The van der Waals surface area contributed by atoms with Crippen molar-refractivity contribution in [3.8, 4) is 0 Å². The first-order valence-electron chi connectivity index (χ1n) is 5.94. The van der Waals surface area contributed by atoms with Crippen molar-refractivity contribution in [2.24, 2.45) is 0 Å². The average molecular weight is 279 g/mol. The van der Waals surface area contributed by atoms with E-state index in [-0.39, 0.29) is 16.9 Å². The molecular weight excluding hydrogens is 265 g/mol. The minimum Gasteiger partial charge on any atom is -0.463 e. The summed E-state index contributed by atoms with van der Waals surface area (Å²) in [5.41, 5.74) is 1.19. The monoisotopic (exact) mass is 279 g/mol. The molecule has 1 N–H and O–H groups in total. The largest absolute Gasteiger partial charge is 0.463 e. The van der Waals surface area contributed by atoms with E-state index in [0.717, 1.165) is 5.56 Å². The normalized spacial score (nSPS) is 12.2. The minimum atomic E-state index is -1.35. The molecule has 0 aliphatic rings. The van der Waals surface area contributed by atoms with Crippen molar-refractivity contribution in [2.75, 3.05) is 7.11 Å². The molecule has 0 spiro atoms. The van der Waals surface area contributed by atoms with Gasteiger partial charge in [-0.3, -0.25) is 0 Å². The van der Waals surface area contributed by atoms with Gasteiger partial charge in [-0.05, 0) is 25.5 Å². The summed E-state index contributed by atoms with van der Waals surface area (Å²) in [6.45, 7) is 3.30. The molecule has 0 saturated heterocycles. The number of aliphatic hydroxyl groups is 1. The molecule has 0 fully saturated rings. The summed E-state index contributed by atoms with van der Waals surface area (Å²) in [5.74, 6) is -1.56. The number of aliphatic hydroxyl groups excluding tert-OH is 1. The maximum atomic E-state index is 13.9. The highest BCUT2D eigenvalue weighted by molar-refractivity contribution is 5.88. The van der Waals surface area contributed by atoms with Gasteiger partial charge in [0.2, 0.25) is 0 Å². The highest BCUT2D eigenvalue weighted by Gasteiger charge is 2.28. The number of hydrogen-bond acceptors (Lipinski definition) is 5. The molecule has 0 bridgehead atoms. The minimum absolute atomic E-state index is 0.0482. The maximum absolute atomic E-state index is 13.9. The van der Waals surface area contributed by atoms with Gasteiger partial charge in [0.05, 0.1) is 18.4 Å². The molecule has 106 valence electrons. The van der Waals surface area contributed by atoms with Crippen LogP contribution in [-0.2, 0) is 4.74 Å². The first kappa shape index (κ1) is 14.2. The highest BCUT2D eigenvalue weighted by Crippen LogP contribution is 2.30. The standard InChI is InChI=1S/C14H14FNO4/c1-7-4-5-9(10(15)6-7)12(17)11-8(2)16-20-13(11)14(18)19-3/h4-6,12,17H,1-3H3. The predicted molar refractivity (Wildman–Crippen MR) is 67.8 cm³/mol. The lowest BCUT2D eigenvalue weighted by Gasteiger charge is -2.12. The Morgan fingerprint density at radius 3 is 2.75 bits per heavy atom. The molecule has 1 unspecified atom stereocenters. The van der Waals surface area contributed by atoms with E-state index in [1.807, 2.05) is 0 Å². The Hall–Kier alpha value is -2.21. The second-order valence-corrected chi connectivity index (χ2v) is 4.43. The van der Waals surface area contributed by atoms with Crippen molar-refractivity contribution in [1.82, 2.24) is 5.16 Å². The lowest BCUT2D eigenvalue weighted by molar-refractivity contribution is 0.0547. The van der Waals surface area contributed by atoms with Crippen molar-refractivity contribution in [3.05, 3.63) is 52.2 Å². The SMILES string of the molecule is COC(=O)c1onc(C)c1C(O)c1ccc(C)cc1F. The van der Waals surface area contributed by atoms with Crippen LogP contribution in [0.2, 0.25) is 0 Å². The second kappa shape index (κ2) is 5.42. The average Bonchev–Trinajstić information content (AvgIpc) is 2.79. The number of esters is 1. The molecule has 2 aromatic rings. The molecule has 1 aromatic heterocycles. The summed E-state index contributed by atoms with van der Waals surface area (Å²) in [6.07, 6.45) is -1.35. The molecular formula is C14H14FNO4. The van der Waals surface area contributed by atoms with Gasteiger partial charge in [0.1, 0.15) is 11.9 Å². The van der Waals surface area contributed by atoms with Gasteiger partial charge in [0.25, 0.3) is 5.76 Å². The molecule has 0 radical (unpaired) electrons. The van der Waals surface area contributed by atoms with Crippen LogP contribution in [-0.4, -0.2) is 23.3 Å². The van der Waals surface area contributed by atoms with Gasteiger partial charge in [-0.25, -0.2) is 9.18 Å². The molecule has 5 nitrogen and oxygen atoms in total. The summed E-state index contributed by atoms with van der Waals surface area (Å²) in [4.78, 5) is 11.6. The number of rotatable bonds is 3. The third-order valence-electron chi connectivity index (χ3n) is 3.00. The zero-order valence-electron chi connectivity index (χ0n) is 11.3. The molecule has 1 heterocycles. The van der Waals surface area contributed by atoms with Crippen LogP contribution in [0.5, 0.6) is 0 Å². The van der Waals surface area contributed by atoms with Crippen molar-refractivity contribution in [1.29, 1.82) is 0 Å². The summed E-state index contributed by atoms with van der Waals surface area (Å²) < 4.78 is 23.3. The Morgan fingerprint density at radius 2 is 2.15 bits per heavy atom. The van der Waals surface area contributed by atoms with Crippen LogP contribution in [0.1, 0.15) is 39.0 Å². The topological polar surface area (TPSA) is 72.6 Å². The number of carbonyl (C=O) groups is 1. The van der Waals surface area contributed by atoms with Crippen LogP contribution in [0, 0.1) is 19.7 Å². The zero-order chi connectivity index (χ0) is 14.9. The van der Waals surface area contributed by atoms with E-state index in [1.165, 1.54) is 19.2 Å². The Kier molecular flexibility index (Phi) is 3.85. The molecule has 1 atom stereocenters. The van der Waals surface area contributed by atoms with E-state index < -0.39 is 17.9 Å². The highest BCUT2D eigenvalue weighted by atomic mass is 19.1. The number of benzene rings is 1. The fourth-order valence-electron chi connectivity index (χ4n) is 1.95. The number of aromatic nitrogens is 1. The smallest absolute Gasteiger partial charge is 0.377 e. The number of aryl methyl sites for hydroxylation is 2. The van der Waals surface area contributed by atoms with Gasteiger partial charge in [0, 0.05) is 5.56 Å². The Morgan fingerprint density at radius 1 is 1.45 bits per heavy atom. The molecule has 0 aliphatic heterocycles. The van der Waals surface area contributed by atoms with Crippen LogP contribution in [0.4, 0.5) is 4.39 Å². The number of ether oxygens (including phenoxy) is 1. The Labute approximate surface area is 115 Å². The molecule has 6 heteroatoms. The molecule has 0 amide bonds. The van der Waals surface area contributed by atoms with Crippen molar-refractivity contribution < 1.29 is 23.6 Å². The Bertz CT molecular complexity index is 651. The van der Waals surface area contributed by atoms with E-state index in [2.05, 4.69) is 9.89 Å². The first-order chi connectivity index (χ1) is 9.45. The number of hydrogen-bond donors (Lipinski definition) is 1. The maximum Gasteiger partial charge on any atom is 0.377 e. The number of methoxy groups -OCH3 is 1. The van der Waals surface area contributed by atoms with E-state index in [0.29, 0.717) is 5.69 Å².